The molecule has 6 nitrogen and oxygen atoms in total. The van der Waals surface area contributed by atoms with E-state index in [-0.39, 0.29) is 19.1 Å². The number of carbonyl (C=O) groups is 2. The number of fused-ring (bicyclic) bond motifs is 1. The Morgan fingerprint density at radius 3 is 2.95 bits per heavy atom. The second-order valence-electron chi connectivity index (χ2n) is 4.70. The molecule has 1 atom stereocenters. The molecular weight excluding hydrogens is 260 g/mol. The number of benzene rings is 1. The normalized spacial score (nSPS) is 19.2. The van der Waals surface area contributed by atoms with Gasteiger partial charge in [-0.1, -0.05) is 18.2 Å². The maximum atomic E-state index is 12.5. The van der Waals surface area contributed by atoms with Crippen molar-refractivity contribution >= 4 is 22.8 Å². The molecule has 104 valence electrons. The number of nitrogens with zero attached hydrogens (tertiary/aromatic N) is 1. The largest absolute Gasteiger partial charge is 0.479 e. The number of H-pyrrole nitrogens is 1. The molecule has 2 aromatic rings. The van der Waals surface area contributed by atoms with Crippen molar-refractivity contribution < 1.29 is 19.4 Å². The lowest BCUT2D eigenvalue weighted by Gasteiger charge is -2.30. The van der Waals surface area contributed by atoms with E-state index in [0.29, 0.717) is 12.1 Å². The van der Waals surface area contributed by atoms with Crippen molar-refractivity contribution in [2.24, 2.45) is 0 Å². The van der Waals surface area contributed by atoms with Crippen molar-refractivity contribution in [1.82, 2.24) is 9.88 Å². The van der Waals surface area contributed by atoms with Gasteiger partial charge >= 0.3 is 5.97 Å². The third-order valence-electron chi connectivity index (χ3n) is 3.45. The molecular formula is C14H14N2O4. The Morgan fingerprint density at radius 1 is 1.35 bits per heavy atom. The van der Waals surface area contributed by atoms with Crippen LogP contribution in [0.15, 0.2) is 30.5 Å². The Morgan fingerprint density at radius 2 is 2.15 bits per heavy atom. The number of rotatable bonds is 2. The number of aliphatic carboxylic acids is 1. The Kier molecular flexibility index (Phi) is 3.15. The highest BCUT2D eigenvalue weighted by molar-refractivity contribution is 6.06. The molecule has 20 heavy (non-hydrogen) atoms. The van der Waals surface area contributed by atoms with Gasteiger partial charge in [0.25, 0.3) is 5.91 Å². The first-order chi connectivity index (χ1) is 9.66. The zero-order valence-corrected chi connectivity index (χ0v) is 10.7. The van der Waals surface area contributed by atoms with Gasteiger partial charge in [-0.2, -0.15) is 0 Å². The number of carbonyl (C=O) groups excluding carboxylic acids is 1. The van der Waals surface area contributed by atoms with E-state index >= 15 is 0 Å². The van der Waals surface area contributed by atoms with E-state index in [0.717, 1.165) is 10.9 Å². The van der Waals surface area contributed by atoms with Crippen LogP contribution in [0.25, 0.3) is 10.9 Å². The SMILES string of the molecule is O=C(O)C1CN(C(=O)c2c[nH]c3ccccc23)CCO1. The number of amides is 1. The molecule has 1 aliphatic rings. The van der Waals surface area contributed by atoms with E-state index in [1.807, 2.05) is 24.3 Å². The Balaban J connectivity index is 1.87. The van der Waals surface area contributed by atoms with Crippen molar-refractivity contribution in [2.45, 2.75) is 6.10 Å². The minimum atomic E-state index is -1.04. The molecule has 0 spiro atoms. The molecule has 0 saturated carbocycles. The highest BCUT2D eigenvalue weighted by atomic mass is 16.5. The van der Waals surface area contributed by atoms with E-state index in [2.05, 4.69) is 4.98 Å². The van der Waals surface area contributed by atoms with E-state index in [1.165, 1.54) is 4.90 Å². The standard InChI is InChI=1S/C14H14N2O4/c17-13(16-5-6-20-12(8-16)14(18)19)10-7-15-11-4-2-1-3-9(10)11/h1-4,7,12,15H,5-6,8H2,(H,18,19). The lowest BCUT2D eigenvalue weighted by atomic mass is 10.1. The number of hydrogen-bond acceptors (Lipinski definition) is 3. The highest BCUT2D eigenvalue weighted by Gasteiger charge is 2.30. The van der Waals surface area contributed by atoms with Crippen LogP contribution in [-0.4, -0.2) is 52.7 Å². The van der Waals surface area contributed by atoms with Crippen molar-refractivity contribution in [1.29, 1.82) is 0 Å². The molecule has 1 fully saturated rings. The third-order valence-corrected chi connectivity index (χ3v) is 3.45. The lowest BCUT2D eigenvalue weighted by molar-refractivity contribution is -0.154. The number of carboxylic acids is 1. The fraction of sp³-hybridized carbons (Fsp3) is 0.286. The van der Waals surface area contributed by atoms with E-state index < -0.39 is 12.1 Å². The predicted octanol–water partition coefficient (Wildman–Crippen LogP) is 1.09. The first-order valence-electron chi connectivity index (χ1n) is 6.36. The molecule has 1 aromatic carbocycles. The van der Waals surface area contributed by atoms with Crippen LogP contribution in [0.2, 0.25) is 0 Å². The molecule has 2 N–H and O–H groups in total. The van der Waals surface area contributed by atoms with Crippen LogP contribution < -0.4 is 0 Å². The number of aromatic nitrogens is 1. The number of para-hydroxylation sites is 1. The van der Waals surface area contributed by atoms with E-state index in [9.17, 15) is 9.59 Å². The third kappa shape index (κ3) is 2.14. The molecule has 0 aliphatic carbocycles. The number of hydrogen-bond donors (Lipinski definition) is 2. The average molecular weight is 274 g/mol. The summed E-state index contributed by atoms with van der Waals surface area (Å²) in [7, 11) is 0. The second kappa shape index (κ2) is 4.97. The minimum Gasteiger partial charge on any atom is -0.479 e. The topological polar surface area (TPSA) is 82.6 Å². The zero-order valence-electron chi connectivity index (χ0n) is 10.7. The monoisotopic (exact) mass is 274 g/mol. The van der Waals surface area contributed by atoms with Crippen LogP contribution in [0, 0.1) is 0 Å². The smallest absolute Gasteiger partial charge is 0.334 e. The molecule has 1 unspecified atom stereocenters. The Hall–Kier alpha value is -2.34. The van der Waals surface area contributed by atoms with Gasteiger partial charge in [0.05, 0.1) is 18.7 Å². The van der Waals surface area contributed by atoms with Crippen molar-refractivity contribution in [2.75, 3.05) is 19.7 Å². The van der Waals surface area contributed by atoms with Crippen LogP contribution in [0.5, 0.6) is 0 Å². The van der Waals surface area contributed by atoms with Gasteiger partial charge in [-0.25, -0.2) is 4.79 Å². The maximum Gasteiger partial charge on any atom is 0.334 e. The van der Waals surface area contributed by atoms with Gasteiger partial charge in [0, 0.05) is 23.6 Å². The fourth-order valence-electron chi connectivity index (χ4n) is 2.40. The molecule has 1 aliphatic heterocycles. The summed E-state index contributed by atoms with van der Waals surface area (Å²) >= 11 is 0. The molecule has 1 saturated heterocycles. The van der Waals surface area contributed by atoms with Gasteiger partial charge in [-0.15, -0.1) is 0 Å². The summed E-state index contributed by atoms with van der Waals surface area (Å²) in [6.45, 7) is 0.723. The van der Waals surface area contributed by atoms with Crippen molar-refractivity contribution in [3.8, 4) is 0 Å². The number of ether oxygens (including phenoxy) is 1. The van der Waals surface area contributed by atoms with Crippen LogP contribution >= 0.6 is 0 Å². The Labute approximate surface area is 114 Å². The first-order valence-corrected chi connectivity index (χ1v) is 6.36. The summed E-state index contributed by atoms with van der Waals surface area (Å²) in [5, 5.41) is 9.81. The van der Waals surface area contributed by atoms with Crippen LogP contribution in [-0.2, 0) is 9.53 Å². The highest BCUT2D eigenvalue weighted by Crippen LogP contribution is 2.20. The Bertz CT molecular complexity index is 664. The predicted molar refractivity (Wildman–Crippen MR) is 71.6 cm³/mol. The average Bonchev–Trinajstić information content (AvgIpc) is 2.90. The van der Waals surface area contributed by atoms with Gasteiger partial charge in [-0.05, 0) is 6.07 Å². The maximum absolute atomic E-state index is 12.5. The number of aromatic amines is 1. The van der Waals surface area contributed by atoms with E-state index in [1.54, 1.807) is 6.20 Å². The second-order valence-corrected chi connectivity index (χ2v) is 4.70. The summed E-state index contributed by atoms with van der Waals surface area (Å²) in [5.74, 6) is -1.21. The molecule has 1 amide bonds. The van der Waals surface area contributed by atoms with Gasteiger partial charge in [-0.3, -0.25) is 4.79 Å². The molecule has 1 aromatic heterocycles. The van der Waals surface area contributed by atoms with E-state index in [4.69, 9.17) is 9.84 Å². The zero-order chi connectivity index (χ0) is 14.1. The first kappa shape index (κ1) is 12.7. The van der Waals surface area contributed by atoms with Gasteiger partial charge in [0.15, 0.2) is 6.10 Å². The van der Waals surface area contributed by atoms with Crippen molar-refractivity contribution in [3.05, 3.63) is 36.0 Å². The minimum absolute atomic E-state index is 0.0771. The van der Waals surface area contributed by atoms with Gasteiger partial charge in [0.1, 0.15) is 0 Å². The summed E-state index contributed by atoms with van der Waals surface area (Å²) in [6, 6.07) is 7.52. The van der Waals surface area contributed by atoms with Gasteiger partial charge in [0.2, 0.25) is 0 Å². The lowest BCUT2D eigenvalue weighted by Crippen LogP contribution is -2.48. The van der Waals surface area contributed by atoms with Crippen LogP contribution in [0.3, 0.4) is 0 Å². The van der Waals surface area contributed by atoms with Crippen LogP contribution in [0.1, 0.15) is 10.4 Å². The number of morpholine rings is 1. The molecule has 6 heteroatoms. The number of carboxylic acid groups (broad SMARTS) is 1. The quantitative estimate of drug-likeness (QED) is 0.859. The van der Waals surface area contributed by atoms with Crippen LogP contribution in [0.4, 0.5) is 0 Å². The van der Waals surface area contributed by atoms with Gasteiger partial charge < -0.3 is 19.7 Å². The molecule has 3 rings (SSSR count). The summed E-state index contributed by atoms with van der Waals surface area (Å²) in [5.41, 5.74) is 1.45. The summed E-state index contributed by atoms with van der Waals surface area (Å²) < 4.78 is 5.12. The summed E-state index contributed by atoms with van der Waals surface area (Å²) in [6.07, 6.45) is 0.719. The fourth-order valence-corrected chi connectivity index (χ4v) is 2.40. The molecule has 0 bridgehead atoms. The number of nitrogens with one attached hydrogen (secondary N) is 1. The summed E-state index contributed by atoms with van der Waals surface area (Å²) in [4.78, 5) is 28.0. The van der Waals surface area contributed by atoms with Crippen molar-refractivity contribution in [3.63, 3.8) is 0 Å². The molecule has 0 radical (unpaired) electrons. The molecule has 2 heterocycles.